The van der Waals surface area contributed by atoms with E-state index in [0.717, 1.165) is 0 Å². The van der Waals surface area contributed by atoms with Crippen LogP contribution >= 0.6 is 0 Å². The van der Waals surface area contributed by atoms with E-state index in [1.165, 1.54) is 0 Å². The van der Waals surface area contributed by atoms with Gasteiger partial charge in [-0.2, -0.15) is 13.2 Å². The standard InChI is InChI=1S/C8H3F4NO4/c9-5-2-3(13(16)17)1-4(6(5)14)7(15)8(10,11)12/h1-2,14H. The van der Waals surface area contributed by atoms with Gasteiger partial charge in [-0.15, -0.1) is 0 Å². The van der Waals surface area contributed by atoms with Crippen LogP contribution in [0.1, 0.15) is 10.4 Å². The predicted octanol–water partition coefficient (Wildman–Crippen LogP) is 2.18. The highest BCUT2D eigenvalue weighted by molar-refractivity contribution is 6.03. The molecule has 0 aliphatic rings. The summed E-state index contributed by atoms with van der Waals surface area (Å²) in [5, 5.41) is 19.2. The molecule has 92 valence electrons. The normalized spacial score (nSPS) is 11.3. The second-order valence-corrected chi connectivity index (χ2v) is 2.91. The van der Waals surface area contributed by atoms with Crippen molar-refractivity contribution < 1.29 is 32.4 Å². The fourth-order valence-electron chi connectivity index (χ4n) is 1.02. The molecule has 0 bridgehead atoms. The molecule has 0 saturated heterocycles. The summed E-state index contributed by atoms with van der Waals surface area (Å²) in [6.07, 6.45) is -5.36. The van der Waals surface area contributed by atoms with Crippen LogP contribution in [0.15, 0.2) is 12.1 Å². The van der Waals surface area contributed by atoms with Crippen LogP contribution in [0.3, 0.4) is 0 Å². The van der Waals surface area contributed by atoms with Crippen molar-refractivity contribution in [2.24, 2.45) is 0 Å². The number of halogens is 4. The summed E-state index contributed by atoms with van der Waals surface area (Å²) in [5.74, 6) is -5.80. The van der Waals surface area contributed by atoms with Gasteiger partial charge in [-0.3, -0.25) is 14.9 Å². The molecule has 0 heterocycles. The van der Waals surface area contributed by atoms with Gasteiger partial charge in [-0.05, 0) is 0 Å². The van der Waals surface area contributed by atoms with Crippen LogP contribution in [-0.4, -0.2) is 22.0 Å². The molecule has 0 aromatic heterocycles. The zero-order chi connectivity index (χ0) is 13.4. The number of benzene rings is 1. The van der Waals surface area contributed by atoms with Gasteiger partial charge in [0, 0.05) is 6.07 Å². The number of rotatable bonds is 2. The maximum Gasteiger partial charge on any atom is 0.455 e. The van der Waals surface area contributed by atoms with E-state index in [9.17, 15) is 32.5 Å². The predicted molar refractivity (Wildman–Crippen MR) is 45.1 cm³/mol. The molecule has 17 heavy (non-hydrogen) atoms. The molecule has 0 amide bonds. The number of Topliss-reactive ketones (excluding diaryl/α,β-unsaturated/α-hetero) is 1. The molecular weight excluding hydrogens is 250 g/mol. The van der Waals surface area contributed by atoms with Crippen molar-refractivity contribution in [1.29, 1.82) is 0 Å². The first-order chi connectivity index (χ1) is 7.64. The smallest absolute Gasteiger partial charge is 0.455 e. The van der Waals surface area contributed by atoms with Gasteiger partial charge in [0.2, 0.25) is 0 Å². The molecular formula is C8H3F4NO4. The summed E-state index contributed by atoms with van der Waals surface area (Å²) in [7, 11) is 0. The van der Waals surface area contributed by atoms with Gasteiger partial charge in [-0.25, -0.2) is 4.39 Å². The second-order valence-electron chi connectivity index (χ2n) is 2.91. The first-order valence-corrected chi connectivity index (χ1v) is 3.93. The number of nitrogens with zero attached hydrogens (tertiary/aromatic N) is 1. The minimum absolute atomic E-state index is 0.161. The van der Waals surface area contributed by atoms with Gasteiger partial charge in [0.25, 0.3) is 11.5 Å². The zero-order valence-corrected chi connectivity index (χ0v) is 7.79. The Kier molecular flexibility index (Phi) is 3.03. The van der Waals surface area contributed by atoms with E-state index in [2.05, 4.69) is 0 Å². The number of non-ortho nitro benzene ring substituents is 1. The summed E-state index contributed by atoms with van der Waals surface area (Å²) in [5.41, 5.74) is -2.56. The fourth-order valence-corrected chi connectivity index (χ4v) is 1.02. The highest BCUT2D eigenvalue weighted by atomic mass is 19.4. The number of hydrogen-bond donors (Lipinski definition) is 1. The first kappa shape index (κ1) is 12.9. The zero-order valence-electron chi connectivity index (χ0n) is 7.79. The van der Waals surface area contributed by atoms with E-state index in [1.54, 1.807) is 0 Å². The quantitative estimate of drug-likeness (QED) is 0.379. The summed E-state index contributed by atoms with van der Waals surface area (Å²) >= 11 is 0. The van der Waals surface area contributed by atoms with Gasteiger partial charge in [0.05, 0.1) is 16.6 Å². The average molecular weight is 253 g/mol. The lowest BCUT2D eigenvalue weighted by Crippen LogP contribution is -2.23. The molecule has 1 N–H and O–H groups in total. The Bertz CT molecular complexity index is 497. The summed E-state index contributed by atoms with van der Waals surface area (Å²) in [6, 6.07) is 0.372. The molecule has 1 aromatic rings. The number of alkyl halides is 3. The molecule has 5 nitrogen and oxygen atoms in total. The Morgan fingerprint density at radius 3 is 2.29 bits per heavy atom. The van der Waals surface area contributed by atoms with E-state index < -0.39 is 39.7 Å². The van der Waals surface area contributed by atoms with E-state index in [-0.39, 0.29) is 12.1 Å². The monoisotopic (exact) mass is 253 g/mol. The molecule has 0 radical (unpaired) electrons. The molecule has 0 saturated carbocycles. The first-order valence-electron chi connectivity index (χ1n) is 3.93. The van der Waals surface area contributed by atoms with Gasteiger partial charge in [-0.1, -0.05) is 0 Å². The summed E-state index contributed by atoms with van der Waals surface area (Å²) in [4.78, 5) is 19.8. The highest BCUT2D eigenvalue weighted by Gasteiger charge is 2.42. The number of nitro groups is 1. The molecule has 0 spiro atoms. The van der Waals surface area contributed by atoms with Crippen molar-refractivity contribution in [2.45, 2.75) is 6.18 Å². The van der Waals surface area contributed by atoms with Gasteiger partial charge in [0.15, 0.2) is 11.6 Å². The number of nitro benzene ring substituents is 1. The number of aromatic hydroxyl groups is 1. The van der Waals surface area contributed by atoms with Crippen LogP contribution in [0.5, 0.6) is 5.75 Å². The fraction of sp³-hybridized carbons (Fsp3) is 0.125. The molecule has 0 aliphatic carbocycles. The molecule has 0 unspecified atom stereocenters. The topological polar surface area (TPSA) is 80.4 Å². The molecule has 9 heteroatoms. The van der Waals surface area contributed by atoms with Crippen molar-refractivity contribution in [1.82, 2.24) is 0 Å². The largest absolute Gasteiger partial charge is 0.504 e. The van der Waals surface area contributed by atoms with E-state index in [1.807, 2.05) is 0 Å². The molecule has 0 aliphatic heterocycles. The van der Waals surface area contributed by atoms with Crippen molar-refractivity contribution in [3.63, 3.8) is 0 Å². The summed E-state index contributed by atoms with van der Waals surface area (Å²) < 4.78 is 49.0. The lowest BCUT2D eigenvalue weighted by molar-refractivity contribution is -0.385. The Morgan fingerprint density at radius 2 is 1.88 bits per heavy atom. The van der Waals surface area contributed by atoms with E-state index >= 15 is 0 Å². The third kappa shape index (κ3) is 2.49. The third-order valence-corrected chi connectivity index (χ3v) is 1.76. The molecule has 0 atom stereocenters. The number of hydrogen-bond acceptors (Lipinski definition) is 4. The van der Waals surface area contributed by atoms with Crippen molar-refractivity contribution in [2.75, 3.05) is 0 Å². The van der Waals surface area contributed by atoms with Crippen LogP contribution in [0.25, 0.3) is 0 Å². The van der Waals surface area contributed by atoms with Crippen LogP contribution < -0.4 is 0 Å². The lowest BCUT2D eigenvalue weighted by atomic mass is 10.1. The Balaban J connectivity index is 3.43. The lowest BCUT2D eigenvalue weighted by Gasteiger charge is -2.07. The van der Waals surface area contributed by atoms with Crippen molar-refractivity contribution in [3.05, 3.63) is 33.6 Å². The van der Waals surface area contributed by atoms with Crippen molar-refractivity contribution in [3.8, 4) is 5.75 Å². The summed E-state index contributed by atoms with van der Waals surface area (Å²) in [6.45, 7) is 0. The highest BCUT2D eigenvalue weighted by Crippen LogP contribution is 2.32. The second kappa shape index (κ2) is 4.00. The maximum atomic E-state index is 12.9. The third-order valence-electron chi connectivity index (χ3n) is 1.76. The number of ketones is 1. The minimum Gasteiger partial charge on any atom is -0.504 e. The van der Waals surface area contributed by atoms with Crippen molar-refractivity contribution >= 4 is 11.5 Å². The van der Waals surface area contributed by atoms with Crippen LogP contribution in [0, 0.1) is 15.9 Å². The minimum atomic E-state index is -5.36. The Hall–Kier alpha value is -2.19. The average Bonchev–Trinajstić information content (AvgIpc) is 2.19. The van der Waals surface area contributed by atoms with E-state index in [4.69, 9.17) is 5.11 Å². The number of carbonyl (C=O) groups excluding carboxylic acids is 1. The molecule has 1 aromatic carbocycles. The molecule has 1 rings (SSSR count). The van der Waals surface area contributed by atoms with E-state index in [0.29, 0.717) is 0 Å². The van der Waals surface area contributed by atoms with Crippen LogP contribution in [0.4, 0.5) is 23.2 Å². The Labute approximate surface area is 90.4 Å². The van der Waals surface area contributed by atoms with Gasteiger partial charge >= 0.3 is 6.18 Å². The SMILES string of the molecule is O=C(c1cc([N+](=O)[O-])cc(F)c1O)C(F)(F)F. The Morgan fingerprint density at radius 1 is 1.35 bits per heavy atom. The molecule has 0 fully saturated rings. The number of carbonyl (C=O) groups is 1. The number of phenolic OH excluding ortho intramolecular Hbond substituents is 1. The van der Waals surface area contributed by atoms with Crippen LogP contribution in [-0.2, 0) is 0 Å². The van der Waals surface area contributed by atoms with Gasteiger partial charge < -0.3 is 5.11 Å². The van der Waals surface area contributed by atoms with Crippen LogP contribution in [0.2, 0.25) is 0 Å². The van der Waals surface area contributed by atoms with Gasteiger partial charge in [0.1, 0.15) is 0 Å². The number of phenols is 1. The maximum absolute atomic E-state index is 12.9.